The Bertz CT molecular complexity index is 469. The first-order valence-corrected chi connectivity index (χ1v) is 6.56. The number of hydrogen-bond donors (Lipinski definition) is 1. The van der Waals surface area contributed by atoms with Gasteiger partial charge in [-0.05, 0) is 18.4 Å². The molecule has 0 radical (unpaired) electrons. The van der Waals surface area contributed by atoms with Crippen LogP contribution in [0.3, 0.4) is 0 Å². The highest BCUT2D eigenvalue weighted by molar-refractivity contribution is 7.10. The van der Waals surface area contributed by atoms with Crippen LogP contribution in [0.5, 0.6) is 0 Å². The number of likely N-dealkylation sites (tertiary alicyclic amines) is 1. The summed E-state index contributed by atoms with van der Waals surface area (Å²) in [4.78, 5) is 14.8. The minimum Gasteiger partial charge on any atom is -0.384 e. The second-order valence-corrected chi connectivity index (χ2v) is 5.22. The molecule has 2 heterocycles. The molecule has 17 heavy (non-hydrogen) atoms. The maximum absolute atomic E-state index is 12.1. The van der Waals surface area contributed by atoms with Crippen molar-refractivity contribution < 1.29 is 9.90 Å². The van der Waals surface area contributed by atoms with Crippen LogP contribution in [0.15, 0.2) is 11.4 Å². The molecular formula is C13H15NO2S. The number of nitrogens with zero attached hydrogens (tertiary/aromatic N) is 1. The van der Waals surface area contributed by atoms with Gasteiger partial charge in [-0.1, -0.05) is 18.8 Å². The molecule has 3 nitrogen and oxygen atoms in total. The molecule has 0 saturated carbocycles. The van der Waals surface area contributed by atoms with Gasteiger partial charge in [-0.3, -0.25) is 4.79 Å². The number of rotatable bonds is 1. The lowest BCUT2D eigenvalue weighted by Gasteiger charge is -2.14. The topological polar surface area (TPSA) is 40.5 Å². The summed E-state index contributed by atoms with van der Waals surface area (Å²) in [6.45, 7) is 3.73. The number of carbonyl (C=O) groups excluding carboxylic acids is 1. The summed E-state index contributed by atoms with van der Waals surface area (Å²) in [7, 11) is 0. The lowest BCUT2D eigenvalue weighted by Crippen LogP contribution is -2.27. The van der Waals surface area contributed by atoms with Crippen LogP contribution in [0.4, 0.5) is 0 Å². The Balaban J connectivity index is 2.07. The minimum absolute atomic E-state index is 0.0997. The predicted molar refractivity (Wildman–Crippen MR) is 68.0 cm³/mol. The van der Waals surface area contributed by atoms with E-state index in [2.05, 4.69) is 18.8 Å². The normalized spacial score (nSPS) is 18.9. The molecule has 90 valence electrons. The van der Waals surface area contributed by atoms with E-state index in [1.165, 1.54) is 11.3 Å². The Hall–Kier alpha value is -1.31. The molecule has 0 aliphatic carbocycles. The highest BCUT2D eigenvalue weighted by atomic mass is 32.1. The van der Waals surface area contributed by atoms with Gasteiger partial charge in [0.2, 0.25) is 0 Å². The molecule has 1 atom stereocenters. The van der Waals surface area contributed by atoms with Crippen LogP contribution < -0.4 is 0 Å². The Morgan fingerprint density at radius 2 is 2.53 bits per heavy atom. The molecule has 1 saturated heterocycles. The molecule has 1 fully saturated rings. The zero-order valence-corrected chi connectivity index (χ0v) is 10.6. The van der Waals surface area contributed by atoms with Gasteiger partial charge in [-0.25, -0.2) is 0 Å². The molecule has 4 heteroatoms. The first-order chi connectivity index (χ1) is 8.20. The Morgan fingerprint density at radius 1 is 1.71 bits per heavy atom. The molecule has 2 rings (SSSR count). The molecule has 1 aromatic rings. The second-order valence-electron chi connectivity index (χ2n) is 4.30. The highest BCUT2D eigenvalue weighted by Crippen LogP contribution is 2.20. The first-order valence-electron chi connectivity index (χ1n) is 5.68. The summed E-state index contributed by atoms with van der Waals surface area (Å²) >= 11 is 1.45. The quantitative estimate of drug-likeness (QED) is 0.768. The van der Waals surface area contributed by atoms with E-state index in [-0.39, 0.29) is 12.5 Å². The Morgan fingerprint density at radius 3 is 3.18 bits per heavy atom. The van der Waals surface area contributed by atoms with E-state index in [4.69, 9.17) is 5.11 Å². The van der Waals surface area contributed by atoms with Gasteiger partial charge in [-0.15, -0.1) is 11.3 Å². The average Bonchev–Trinajstić information content (AvgIpc) is 2.94. The minimum atomic E-state index is -0.148. The molecule has 1 aromatic heterocycles. The van der Waals surface area contributed by atoms with Gasteiger partial charge < -0.3 is 10.0 Å². The molecule has 1 aliphatic heterocycles. The van der Waals surface area contributed by atoms with Crippen molar-refractivity contribution in [2.45, 2.75) is 13.3 Å². The van der Waals surface area contributed by atoms with Gasteiger partial charge in [-0.2, -0.15) is 0 Å². The maximum Gasteiger partial charge on any atom is 0.254 e. The zero-order valence-electron chi connectivity index (χ0n) is 9.77. The van der Waals surface area contributed by atoms with Crippen LogP contribution in [-0.2, 0) is 0 Å². The van der Waals surface area contributed by atoms with Crippen molar-refractivity contribution in [1.29, 1.82) is 0 Å². The standard InChI is InChI=1S/C13H15NO2S/c1-10-4-5-14(8-10)13(16)11-7-12(17-9-11)3-2-6-15/h7,9-10,15H,4-6,8H2,1H3. The zero-order chi connectivity index (χ0) is 12.3. The van der Waals surface area contributed by atoms with Crippen LogP contribution >= 0.6 is 11.3 Å². The summed E-state index contributed by atoms with van der Waals surface area (Å²) in [5.41, 5.74) is 0.714. The molecule has 0 aromatic carbocycles. The van der Waals surface area contributed by atoms with Crippen molar-refractivity contribution in [3.63, 3.8) is 0 Å². The van der Waals surface area contributed by atoms with Crippen molar-refractivity contribution in [2.24, 2.45) is 5.92 Å². The molecule has 1 amide bonds. The number of carbonyl (C=O) groups is 1. The van der Waals surface area contributed by atoms with E-state index in [0.29, 0.717) is 11.5 Å². The molecule has 1 aliphatic rings. The fraction of sp³-hybridized carbons (Fsp3) is 0.462. The number of hydrogen-bond acceptors (Lipinski definition) is 3. The molecule has 1 unspecified atom stereocenters. The van der Waals surface area contributed by atoms with Gasteiger partial charge in [0, 0.05) is 18.5 Å². The monoisotopic (exact) mass is 249 g/mol. The second kappa shape index (κ2) is 5.35. The smallest absolute Gasteiger partial charge is 0.254 e. The van der Waals surface area contributed by atoms with E-state index >= 15 is 0 Å². The van der Waals surface area contributed by atoms with Crippen molar-refractivity contribution >= 4 is 17.2 Å². The summed E-state index contributed by atoms with van der Waals surface area (Å²) in [6, 6.07) is 1.80. The first kappa shape index (κ1) is 12.2. The van der Waals surface area contributed by atoms with Crippen molar-refractivity contribution in [1.82, 2.24) is 4.90 Å². The van der Waals surface area contributed by atoms with Crippen LogP contribution in [0, 0.1) is 17.8 Å². The van der Waals surface area contributed by atoms with E-state index < -0.39 is 0 Å². The molecule has 0 spiro atoms. The fourth-order valence-electron chi connectivity index (χ4n) is 1.94. The molecule has 0 bridgehead atoms. The van der Waals surface area contributed by atoms with E-state index in [1.807, 2.05) is 10.3 Å². The molecular weight excluding hydrogens is 234 g/mol. The SMILES string of the molecule is CC1CCN(C(=O)c2csc(C#CCO)c2)C1. The summed E-state index contributed by atoms with van der Waals surface area (Å²) < 4.78 is 0. The van der Waals surface area contributed by atoms with Crippen LogP contribution in [0.2, 0.25) is 0 Å². The third-order valence-electron chi connectivity index (χ3n) is 2.85. The van der Waals surface area contributed by atoms with Gasteiger partial charge in [0.25, 0.3) is 5.91 Å². The average molecular weight is 249 g/mol. The third kappa shape index (κ3) is 2.87. The lowest BCUT2D eigenvalue weighted by atomic mass is 10.2. The summed E-state index contributed by atoms with van der Waals surface area (Å²) in [5, 5.41) is 10.4. The maximum atomic E-state index is 12.1. The van der Waals surface area contributed by atoms with Gasteiger partial charge in [0.1, 0.15) is 6.61 Å². The Kier molecular flexibility index (Phi) is 3.82. The highest BCUT2D eigenvalue weighted by Gasteiger charge is 2.24. The van der Waals surface area contributed by atoms with Gasteiger partial charge in [0.15, 0.2) is 0 Å². The van der Waals surface area contributed by atoms with Crippen molar-refractivity contribution in [3.05, 3.63) is 21.9 Å². The number of aliphatic hydroxyl groups is 1. The predicted octanol–water partition coefficient (Wildman–Crippen LogP) is 1.57. The number of aliphatic hydroxyl groups excluding tert-OH is 1. The van der Waals surface area contributed by atoms with E-state index in [9.17, 15) is 4.79 Å². The fourth-order valence-corrected chi connectivity index (χ4v) is 2.69. The lowest BCUT2D eigenvalue weighted by molar-refractivity contribution is 0.0788. The van der Waals surface area contributed by atoms with Gasteiger partial charge >= 0.3 is 0 Å². The van der Waals surface area contributed by atoms with E-state index in [1.54, 1.807) is 6.07 Å². The van der Waals surface area contributed by atoms with Crippen LogP contribution in [-0.4, -0.2) is 35.6 Å². The number of amides is 1. The summed E-state index contributed by atoms with van der Waals surface area (Å²) in [5.74, 6) is 6.10. The Labute approximate surface area is 105 Å². The van der Waals surface area contributed by atoms with Crippen molar-refractivity contribution in [2.75, 3.05) is 19.7 Å². The summed E-state index contributed by atoms with van der Waals surface area (Å²) in [6.07, 6.45) is 1.09. The third-order valence-corrected chi connectivity index (χ3v) is 3.69. The molecule has 1 N–H and O–H groups in total. The largest absolute Gasteiger partial charge is 0.384 e. The van der Waals surface area contributed by atoms with E-state index in [0.717, 1.165) is 24.4 Å². The van der Waals surface area contributed by atoms with Gasteiger partial charge in [0.05, 0.1) is 10.4 Å². The number of thiophene rings is 1. The van der Waals surface area contributed by atoms with Crippen LogP contribution in [0.25, 0.3) is 0 Å². The van der Waals surface area contributed by atoms with Crippen LogP contribution in [0.1, 0.15) is 28.6 Å². The van der Waals surface area contributed by atoms with Crippen molar-refractivity contribution in [3.8, 4) is 11.8 Å².